The standard InChI is InChI=1S/C13H19F2N3O/c1-8(13(19)17-2)7-18(3)11-5-4-9(16)6-10(11)12(14)15/h4-6,8,12H,7,16H2,1-3H3,(H,17,19). The maximum Gasteiger partial charge on any atom is 0.265 e. The molecule has 1 unspecified atom stereocenters. The predicted octanol–water partition coefficient (Wildman–Crippen LogP) is 2.02. The van der Waals surface area contributed by atoms with Gasteiger partial charge in [-0.2, -0.15) is 0 Å². The highest BCUT2D eigenvalue weighted by Crippen LogP contribution is 2.31. The van der Waals surface area contributed by atoms with Crippen molar-refractivity contribution in [2.45, 2.75) is 13.3 Å². The summed E-state index contributed by atoms with van der Waals surface area (Å²) in [5, 5.41) is 2.53. The molecular formula is C13H19F2N3O. The van der Waals surface area contributed by atoms with Gasteiger partial charge in [-0.1, -0.05) is 6.92 Å². The zero-order valence-electron chi connectivity index (χ0n) is 11.3. The van der Waals surface area contributed by atoms with Gasteiger partial charge in [-0.15, -0.1) is 0 Å². The molecule has 0 radical (unpaired) electrons. The third-order valence-electron chi connectivity index (χ3n) is 2.94. The first kappa shape index (κ1) is 15.2. The molecular weight excluding hydrogens is 252 g/mol. The summed E-state index contributed by atoms with van der Waals surface area (Å²) in [4.78, 5) is 13.1. The number of nitrogen functional groups attached to an aromatic ring is 1. The van der Waals surface area contributed by atoms with Gasteiger partial charge >= 0.3 is 0 Å². The highest BCUT2D eigenvalue weighted by Gasteiger charge is 2.19. The van der Waals surface area contributed by atoms with Crippen LogP contribution >= 0.6 is 0 Å². The SMILES string of the molecule is CNC(=O)C(C)CN(C)c1ccc(N)cc1C(F)F. The minimum Gasteiger partial charge on any atom is -0.399 e. The number of carbonyl (C=O) groups excluding carboxylic acids is 1. The van der Waals surface area contributed by atoms with Gasteiger partial charge in [0.15, 0.2) is 0 Å². The van der Waals surface area contributed by atoms with Crippen molar-refractivity contribution >= 4 is 17.3 Å². The van der Waals surface area contributed by atoms with Crippen LogP contribution in [0.2, 0.25) is 0 Å². The van der Waals surface area contributed by atoms with Crippen molar-refractivity contribution in [3.63, 3.8) is 0 Å². The normalized spacial score (nSPS) is 12.3. The van der Waals surface area contributed by atoms with Crippen LogP contribution in [0.5, 0.6) is 0 Å². The Kier molecular flexibility index (Phi) is 5.09. The van der Waals surface area contributed by atoms with E-state index in [-0.39, 0.29) is 17.4 Å². The van der Waals surface area contributed by atoms with Crippen LogP contribution in [-0.2, 0) is 4.79 Å². The second-order valence-electron chi connectivity index (χ2n) is 4.51. The molecule has 6 heteroatoms. The van der Waals surface area contributed by atoms with Gasteiger partial charge in [-0.05, 0) is 18.2 Å². The van der Waals surface area contributed by atoms with Gasteiger partial charge in [0.05, 0.1) is 5.92 Å². The third-order valence-corrected chi connectivity index (χ3v) is 2.94. The molecule has 0 aromatic heterocycles. The molecule has 1 aromatic carbocycles. The summed E-state index contributed by atoms with van der Waals surface area (Å²) < 4.78 is 25.9. The molecule has 0 spiro atoms. The van der Waals surface area contributed by atoms with Gasteiger partial charge < -0.3 is 16.0 Å². The van der Waals surface area contributed by atoms with E-state index in [0.717, 1.165) is 0 Å². The number of halogens is 2. The fraction of sp³-hybridized carbons (Fsp3) is 0.462. The van der Waals surface area contributed by atoms with Gasteiger partial charge in [0.25, 0.3) is 6.43 Å². The van der Waals surface area contributed by atoms with Gasteiger partial charge in [-0.3, -0.25) is 4.79 Å². The molecule has 19 heavy (non-hydrogen) atoms. The first-order chi connectivity index (χ1) is 8.86. The summed E-state index contributed by atoms with van der Waals surface area (Å²) >= 11 is 0. The Hall–Kier alpha value is -1.85. The summed E-state index contributed by atoms with van der Waals surface area (Å²) in [5.41, 5.74) is 6.09. The van der Waals surface area contributed by atoms with Gasteiger partial charge in [0.2, 0.25) is 5.91 Å². The molecule has 0 aliphatic carbocycles. The van der Waals surface area contributed by atoms with Crippen LogP contribution in [-0.4, -0.2) is 26.5 Å². The van der Waals surface area contributed by atoms with Crippen molar-refractivity contribution in [3.8, 4) is 0 Å². The smallest absolute Gasteiger partial charge is 0.265 e. The van der Waals surface area contributed by atoms with Gasteiger partial charge in [-0.25, -0.2) is 8.78 Å². The molecule has 0 aliphatic heterocycles. The lowest BCUT2D eigenvalue weighted by molar-refractivity contribution is -0.123. The van der Waals surface area contributed by atoms with Crippen LogP contribution in [0.25, 0.3) is 0 Å². The van der Waals surface area contributed by atoms with Gasteiger partial charge in [0, 0.05) is 37.6 Å². The van der Waals surface area contributed by atoms with Crippen LogP contribution in [0, 0.1) is 5.92 Å². The zero-order chi connectivity index (χ0) is 14.6. The van der Waals surface area contributed by atoms with E-state index < -0.39 is 6.43 Å². The number of rotatable bonds is 5. The van der Waals surface area contributed by atoms with Crippen LogP contribution in [0.1, 0.15) is 18.9 Å². The number of benzene rings is 1. The maximum absolute atomic E-state index is 13.0. The van der Waals surface area contributed by atoms with Crippen LogP contribution in [0.15, 0.2) is 18.2 Å². The fourth-order valence-corrected chi connectivity index (χ4v) is 1.93. The summed E-state index contributed by atoms with van der Waals surface area (Å²) in [5.74, 6) is -0.418. The molecule has 0 saturated carbocycles. The van der Waals surface area contributed by atoms with Crippen molar-refractivity contribution in [3.05, 3.63) is 23.8 Å². The second-order valence-corrected chi connectivity index (χ2v) is 4.51. The van der Waals surface area contributed by atoms with E-state index in [0.29, 0.717) is 17.9 Å². The molecule has 3 N–H and O–H groups in total. The van der Waals surface area contributed by atoms with Crippen molar-refractivity contribution in [1.29, 1.82) is 0 Å². The van der Waals surface area contributed by atoms with Crippen molar-refractivity contribution in [2.24, 2.45) is 5.92 Å². The maximum atomic E-state index is 13.0. The summed E-state index contributed by atoms with van der Waals surface area (Å²) in [6.45, 7) is 2.10. The van der Waals surface area contributed by atoms with E-state index in [1.165, 1.54) is 6.07 Å². The Morgan fingerprint density at radius 3 is 2.63 bits per heavy atom. The highest BCUT2D eigenvalue weighted by atomic mass is 19.3. The Labute approximate surface area is 111 Å². The number of nitrogens with two attached hydrogens (primary N) is 1. The minimum atomic E-state index is -2.60. The molecule has 1 aromatic rings. The fourth-order valence-electron chi connectivity index (χ4n) is 1.93. The predicted molar refractivity (Wildman–Crippen MR) is 72.3 cm³/mol. The Morgan fingerprint density at radius 1 is 1.47 bits per heavy atom. The van der Waals surface area contributed by atoms with E-state index in [4.69, 9.17) is 5.73 Å². The Balaban J connectivity index is 2.93. The number of carbonyl (C=O) groups is 1. The Morgan fingerprint density at radius 2 is 2.11 bits per heavy atom. The Bertz CT molecular complexity index is 452. The summed E-state index contributed by atoms with van der Waals surface area (Å²) in [6, 6.07) is 4.39. The molecule has 0 heterocycles. The number of anilines is 2. The zero-order valence-corrected chi connectivity index (χ0v) is 11.3. The number of hydrogen-bond donors (Lipinski definition) is 2. The van der Waals surface area contributed by atoms with E-state index in [9.17, 15) is 13.6 Å². The minimum absolute atomic E-state index is 0.119. The topological polar surface area (TPSA) is 58.4 Å². The largest absolute Gasteiger partial charge is 0.399 e. The number of amides is 1. The third kappa shape index (κ3) is 3.81. The average Bonchev–Trinajstić information content (AvgIpc) is 2.37. The molecule has 1 rings (SSSR count). The number of alkyl halides is 2. The van der Waals surface area contributed by atoms with E-state index in [1.807, 2.05) is 0 Å². The quantitative estimate of drug-likeness (QED) is 0.806. The lowest BCUT2D eigenvalue weighted by atomic mass is 10.1. The number of nitrogens with one attached hydrogen (secondary N) is 1. The molecule has 1 atom stereocenters. The van der Waals surface area contributed by atoms with Crippen LogP contribution in [0.3, 0.4) is 0 Å². The van der Waals surface area contributed by atoms with Crippen molar-refractivity contribution in [2.75, 3.05) is 31.3 Å². The molecule has 0 aliphatic rings. The van der Waals surface area contributed by atoms with Crippen molar-refractivity contribution in [1.82, 2.24) is 5.32 Å². The molecule has 0 bridgehead atoms. The second kappa shape index (κ2) is 6.36. The number of nitrogens with zero attached hydrogens (tertiary/aromatic N) is 1. The summed E-state index contributed by atoms with van der Waals surface area (Å²) in [6.07, 6.45) is -2.60. The molecule has 106 valence electrons. The van der Waals surface area contributed by atoms with E-state index >= 15 is 0 Å². The first-order valence-corrected chi connectivity index (χ1v) is 5.97. The lowest BCUT2D eigenvalue weighted by Crippen LogP contribution is -2.34. The monoisotopic (exact) mass is 271 g/mol. The molecule has 0 fully saturated rings. The van der Waals surface area contributed by atoms with Gasteiger partial charge in [0.1, 0.15) is 0 Å². The highest BCUT2D eigenvalue weighted by molar-refractivity contribution is 5.78. The molecule has 1 amide bonds. The average molecular weight is 271 g/mol. The number of hydrogen-bond acceptors (Lipinski definition) is 3. The van der Waals surface area contributed by atoms with Crippen LogP contribution < -0.4 is 16.0 Å². The molecule has 0 saturated heterocycles. The first-order valence-electron chi connectivity index (χ1n) is 5.97. The van der Waals surface area contributed by atoms with Crippen LogP contribution in [0.4, 0.5) is 20.2 Å². The lowest BCUT2D eigenvalue weighted by Gasteiger charge is -2.25. The van der Waals surface area contributed by atoms with E-state index in [2.05, 4.69) is 5.32 Å². The van der Waals surface area contributed by atoms with E-state index in [1.54, 1.807) is 38.1 Å². The molecule has 4 nitrogen and oxygen atoms in total. The summed E-state index contributed by atoms with van der Waals surface area (Å²) in [7, 11) is 3.23. The van der Waals surface area contributed by atoms with Crippen molar-refractivity contribution < 1.29 is 13.6 Å².